The summed E-state index contributed by atoms with van der Waals surface area (Å²) in [4.78, 5) is 15.8. The van der Waals surface area contributed by atoms with E-state index in [4.69, 9.17) is 0 Å². The van der Waals surface area contributed by atoms with Gasteiger partial charge in [-0.25, -0.2) is 0 Å². The quantitative estimate of drug-likeness (QED) is 0.428. The maximum absolute atomic E-state index is 13.3. The van der Waals surface area contributed by atoms with Gasteiger partial charge in [-0.3, -0.25) is 9.00 Å². The van der Waals surface area contributed by atoms with Gasteiger partial charge in [-0.2, -0.15) is 26.3 Å². The third kappa shape index (κ3) is 5.35. The second-order valence-electron chi connectivity index (χ2n) is 8.23. The van der Waals surface area contributed by atoms with E-state index in [1.165, 1.54) is 15.9 Å². The van der Waals surface area contributed by atoms with Crippen LogP contribution in [0.3, 0.4) is 0 Å². The summed E-state index contributed by atoms with van der Waals surface area (Å²) in [5.74, 6) is 3.61. The van der Waals surface area contributed by atoms with Crippen LogP contribution >= 0.6 is 22.7 Å². The van der Waals surface area contributed by atoms with Crippen LogP contribution < -0.4 is 4.90 Å². The van der Waals surface area contributed by atoms with Gasteiger partial charge in [0.25, 0.3) is 0 Å². The Hall–Kier alpha value is -1.87. The summed E-state index contributed by atoms with van der Waals surface area (Å²) < 4.78 is 90.7. The Morgan fingerprint density at radius 2 is 1.71 bits per heavy atom. The molecule has 0 bridgehead atoms. The highest BCUT2D eigenvalue weighted by Gasteiger charge is 2.41. The molecular weight excluding hydrogens is 526 g/mol. The first-order valence-corrected chi connectivity index (χ1v) is 13.9. The highest BCUT2D eigenvalue weighted by molar-refractivity contribution is 8.00. The molecule has 0 aromatic carbocycles. The predicted octanol–water partition coefficient (Wildman–Crippen LogP) is 4.15. The number of hydrogen-bond acceptors (Lipinski definition) is 7. The first-order valence-electron chi connectivity index (χ1n) is 10.2. The van der Waals surface area contributed by atoms with Crippen molar-refractivity contribution < 1.29 is 35.3 Å². The first kappa shape index (κ1) is 25.2. The Morgan fingerprint density at radius 3 is 2.26 bits per heavy atom. The molecule has 0 radical (unpaired) electrons. The molecule has 0 aliphatic carbocycles. The molecule has 2 fully saturated rings. The van der Waals surface area contributed by atoms with E-state index in [1.807, 2.05) is 0 Å². The number of amides is 1. The molecule has 1 amide bonds. The van der Waals surface area contributed by atoms with Crippen LogP contribution in [0.25, 0.3) is 0 Å². The topological polar surface area (TPSA) is 66.4 Å². The Balaban J connectivity index is 1.60. The smallest absolute Gasteiger partial charge is 0.342 e. The molecule has 34 heavy (non-hydrogen) atoms. The van der Waals surface area contributed by atoms with Crippen LogP contribution in [0.5, 0.6) is 0 Å². The van der Waals surface area contributed by atoms with Gasteiger partial charge in [0.05, 0.1) is 6.04 Å². The molecular formula is C19H20F6N4O2S3. The zero-order valence-corrected chi connectivity index (χ0v) is 20.0. The summed E-state index contributed by atoms with van der Waals surface area (Å²) in [6, 6.07) is 1.44. The third-order valence-electron chi connectivity index (χ3n) is 5.85. The molecule has 15 heteroatoms. The molecule has 0 spiro atoms. The average Bonchev–Trinajstić information content (AvgIpc) is 3.42. The first-order chi connectivity index (χ1) is 15.7. The van der Waals surface area contributed by atoms with E-state index in [0.717, 1.165) is 6.07 Å². The minimum absolute atomic E-state index is 0.00788. The molecule has 2 aromatic rings. The van der Waals surface area contributed by atoms with Crippen LogP contribution in [0.15, 0.2) is 12.1 Å². The van der Waals surface area contributed by atoms with Gasteiger partial charge in [-0.05, 0) is 40.4 Å². The lowest BCUT2D eigenvalue weighted by Gasteiger charge is -2.42. The van der Waals surface area contributed by atoms with E-state index in [0.29, 0.717) is 47.0 Å². The van der Waals surface area contributed by atoms with Gasteiger partial charge in [0.2, 0.25) is 16.0 Å². The van der Waals surface area contributed by atoms with Crippen LogP contribution in [0.4, 0.5) is 31.5 Å². The second kappa shape index (κ2) is 8.97. The molecule has 188 valence electrons. The van der Waals surface area contributed by atoms with Crippen LogP contribution in [0, 0.1) is 5.92 Å². The van der Waals surface area contributed by atoms with E-state index in [-0.39, 0.29) is 35.6 Å². The lowest BCUT2D eigenvalue weighted by molar-refractivity contribution is -0.139. The SMILES string of the molecule is C=S1(=O)CCC(C(=O)N2CCN(c3nnc(C(F)(F)F)s3)C[C@H]2c2ccc(C(F)(F)F)s2)CC1. The van der Waals surface area contributed by atoms with Crippen LogP contribution in [0.1, 0.15) is 33.6 Å². The molecule has 6 nitrogen and oxygen atoms in total. The molecule has 0 unspecified atom stereocenters. The van der Waals surface area contributed by atoms with Crippen molar-refractivity contribution in [2.45, 2.75) is 31.2 Å². The number of halogens is 6. The minimum atomic E-state index is -4.66. The van der Waals surface area contributed by atoms with Crippen molar-refractivity contribution in [2.24, 2.45) is 5.92 Å². The summed E-state index contributed by atoms with van der Waals surface area (Å²) in [6.07, 6.45) is -8.46. The molecule has 2 saturated heterocycles. The Kier molecular flexibility index (Phi) is 6.66. The highest BCUT2D eigenvalue weighted by Crippen LogP contribution is 2.41. The molecule has 4 rings (SSSR count). The molecule has 1 atom stereocenters. The normalized spacial score (nSPS) is 26.6. The highest BCUT2D eigenvalue weighted by atomic mass is 32.2. The molecule has 2 aliphatic heterocycles. The van der Waals surface area contributed by atoms with Gasteiger partial charge in [0.1, 0.15) is 4.88 Å². The Bertz CT molecular complexity index is 1140. The van der Waals surface area contributed by atoms with Gasteiger partial charge in [0.15, 0.2) is 0 Å². The summed E-state index contributed by atoms with van der Waals surface area (Å²) in [5, 5.41) is 5.66. The predicted molar refractivity (Wildman–Crippen MR) is 119 cm³/mol. The number of aromatic nitrogens is 2. The summed E-state index contributed by atoms with van der Waals surface area (Å²) in [5.41, 5.74) is 0. The van der Waals surface area contributed by atoms with Crippen molar-refractivity contribution in [3.05, 3.63) is 26.9 Å². The van der Waals surface area contributed by atoms with Gasteiger partial charge in [0, 0.05) is 41.9 Å². The summed E-state index contributed by atoms with van der Waals surface area (Å²) in [6.45, 7) is 0.236. The molecule has 0 saturated carbocycles. The van der Waals surface area contributed by atoms with Crippen molar-refractivity contribution in [2.75, 3.05) is 36.0 Å². The second-order valence-corrected chi connectivity index (χ2v) is 13.0. The van der Waals surface area contributed by atoms with Crippen molar-refractivity contribution in [1.82, 2.24) is 15.1 Å². The average molecular weight is 547 g/mol. The standard InChI is InChI=1S/C19H20F6N4O2S3/c1-34(31)8-4-11(5-9-34)15(30)29-7-6-28(17-27-26-16(33-17)19(23,24)25)10-12(29)13-2-3-14(32-13)18(20,21)22/h2-3,11-12H,1,4-10H2/t11?,12-,34?/m0/s1. The molecule has 2 aromatic heterocycles. The van der Waals surface area contributed by atoms with Crippen molar-refractivity contribution >= 4 is 49.1 Å². The fourth-order valence-corrected chi connectivity index (χ4v) is 7.41. The number of carbonyl (C=O) groups is 1. The van der Waals surface area contributed by atoms with Crippen molar-refractivity contribution in [1.29, 1.82) is 0 Å². The van der Waals surface area contributed by atoms with Crippen molar-refractivity contribution in [3.8, 4) is 0 Å². The number of hydrogen-bond donors (Lipinski definition) is 0. The van der Waals surface area contributed by atoms with Crippen LogP contribution in [-0.2, 0) is 26.7 Å². The maximum atomic E-state index is 13.3. The summed E-state index contributed by atoms with van der Waals surface area (Å²) in [7, 11) is -2.22. The number of nitrogens with zero attached hydrogens (tertiary/aromatic N) is 4. The fraction of sp³-hybridized carbons (Fsp3) is 0.579. The van der Waals surface area contributed by atoms with E-state index >= 15 is 0 Å². The minimum Gasteiger partial charge on any atom is -0.342 e. The van der Waals surface area contributed by atoms with E-state index in [2.05, 4.69) is 16.1 Å². The van der Waals surface area contributed by atoms with E-state index in [9.17, 15) is 35.3 Å². The Morgan fingerprint density at radius 1 is 1.03 bits per heavy atom. The largest absolute Gasteiger partial charge is 0.445 e. The van der Waals surface area contributed by atoms with E-state index < -0.39 is 43.7 Å². The molecule has 2 aliphatic rings. The zero-order chi connectivity index (χ0) is 24.9. The lowest BCUT2D eigenvalue weighted by Crippen LogP contribution is -2.52. The Labute approximate surface area is 199 Å². The van der Waals surface area contributed by atoms with E-state index in [1.54, 1.807) is 0 Å². The number of carbonyl (C=O) groups excluding carboxylic acids is 1. The fourth-order valence-electron chi connectivity index (χ4n) is 4.05. The third-order valence-corrected chi connectivity index (χ3v) is 10.1. The van der Waals surface area contributed by atoms with Crippen molar-refractivity contribution in [3.63, 3.8) is 0 Å². The zero-order valence-electron chi connectivity index (χ0n) is 17.6. The van der Waals surface area contributed by atoms with Gasteiger partial charge < -0.3 is 9.80 Å². The monoisotopic (exact) mass is 546 g/mol. The van der Waals surface area contributed by atoms with Gasteiger partial charge in [-0.1, -0.05) is 11.3 Å². The molecule has 0 N–H and O–H groups in total. The number of thiophene rings is 1. The van der Waals surface area contributed by atoms with Crippen LogP contribution in [0.2, 0.25) is 0 Å². The number of piperazine rings is 1. The number of alkyl halides is 6. The lowest BCUT2D eigenvalue weighted by atomic mass is 9.98. The van der Waals surface area contributed by atoms with Gasteiger partial charge in [-0.15, -0.1) is 21.5 Å². The number of rotatable bonds is 3. The number of anilines is 1. The summed E-state index contributed by atoms with van der Waals surface area (Å²) >= 11 is 0.857. The van der Waals surface area contributed by atoms with Gasteiger partial charge >= 0.3 is 12.4 Å². The maximum Gasteiger partial charge on any atom is 0.445 e. The molecule has 4 heterocycles. The van der Waals surface area contributed by atoms with Crippen LogP contribution in [-0.4, -0.2) is 62.2 Å².